The van der Waals surface area contributed by atoms with E-state index >= 15 is 0 Å². The Hall–Kier alpha value is -2.29. The first-order chi connectivity index (χ1) is 13.2. The molecule has 0 saturated heterocycles. The summed E-state index contributed by atoms with van der Waals surface area (Å²) in [4.78, 5) is 4.87. The summed E-state index contributed by atoms with van der Waals surface area (Å²) in [5.74, 6) is 2.39. The fourth-order valence-corrected chi connectivity index (χ4v) is 5.35. The van der Waals surface area contributed by atoms with Gasteiger partial charge in [0.15, 0.2) is 11.5 Å². The molecule has 2 aliphatic carbocycles. The van der Waals surface area contributed by atoms with Crippen LogP contribution < -0.4 is 9.47 Å². The summed E-state index contributed by atoms with van der Waals surface area (Å²) < 4.78 is 11.1. The fourth-order valence-electron chi connectivity index (χ4n) is 5.35. The molecule has 3 aromatic rings. The molecule has 0 amide bonds. The van der Waals surface area contributed by atoms with Crippen LogP contribution in [-0.2, 0) is 5.41 Å². The minimum Gasteiger partial charge on any atom is -0.454 e. The van der Waals surface area contributed by atoms with Crippen LogP contribution in [0.5, 0.6) is 11.5 Å². The quantitative estimate of drug-likeness (QED) is 0.430. The fraction of sp³-hybridized carbons (Fsp3) is 0.458. The van der Waals surface area contributed by atoms with Crippen molar-refractivity contribution in [2.45, 2.75) is 64.2 Å². The van der Waals surface area contributed by atoms with Gasteiger partial charge in [-0.2, -0.15) is 0 Å². The lowest BCUT2D eigenvalue weighted by atomic mass is 9.51. The second-order valence-corrected chi connectivity index (χ2v) is 8.40. The van der Waals surface area contributed by atoms with Crippen LogP contribution in [0.2, 0.25) is 0 Å². The maximum atomic E-state index is 5.58. The summed E-state index contributed by atoms with van der Waals surface area (Å²) in [6, 6.07) is 8.64. The predicted octanol–water partition coefficient (Wildman–Crippen LogP) is 6.46. The van der Waals surface area contributed by atoms with Gasteiger partial charge in [-0.1, -0.05) is 52.2 Å². The average molecular weight is 361 g/mol. The van der Waals surface area contributed by atoms with Crippen molar-refractivity contribution in [3.8, 4) is 11.5 Å². The highest BCUT2D eigenvalue weighted by Crippen LogP contribution is 2.60. The van der Waals surface area contributed by atoms with E-state index in [1.165, 1.54) is 53.8 Å². The van der Waals surface area contributed by atoms with Crippen molar-refractivity contribution in [1.29, 1.82) is 0 Å². The molecule has 2 atom stereocenters. The maximum absolute atomic E-state index is 5.58. The Labute approximate surface area is 160 Å². The highest BCUT2D eigenvalue weighted by Gasteiger charge is 2.50. The zero-order valence-electron chi connectivity index (χ0n) is 16.5. The minimum absolute atomic E-state index is 0.312. The monoisotopic (exact) mass is 361 g/mol. The number of ether oxygens (including phenoxy) is 2. The van der Waals surface area contributed by atoms with Gasteiger partial charge >= 0.3 is 0 Å². The molecule has 1 unspecified atom stereocenters. The Morgan fingerprint density at radius 3 is 2.67 bits per heavy atom. The normalized spacial score (nSPS) is 24.6. The molecule has 0 spiro atoms. The second-order valence-electron chi connectivity index (χ2n) is 8.40. The predicted molar refractivity (Wildman–Crippen MR) is 110 cm³/mol. The number of rotatable bonds is 0. The Kier molecular flexibility index (Phi) is 3.82. The van der Waals surface area contributed by atoms with Gasteiger partial charge in [-0.05, 0) is 47.4 Å². The lowest BCUT2D eigenvalue weighted by Gasteiger charge is -2.52. The third-order valence-electron chi connectivity index (χ3n) is 6.53. The van der Waals surface area contributed by atoms with Gasteiger partial charge in [-0.25, -0.2) is 0 Å². The molecule has 1 aromatic heterocycles. The summed E-state index contributed by atoms with van der Waals surface area (Å²) in [6.07, 6.45) is 8.73. The molecule has 2 aromatic carbocycles. The molecule has 3 nitrogen and oxygen atoms in total. The molecule has 3 heteroatoms. The van der Waals surface area contributed by atoms with Gasteiger partial charge in [0.05, 0.1) is 5.52 Å². The number of hydrogen-bond donors (Lipinski definition) is 0. The third-order valence-corrected chi connectivity index (χ3v) is 6.53. The largest absolute Gasteiger partial charge is 0.454 e. The van der Waals surface area contributed by atoms with Gasteiger partial charge in [0, 0.05) is 22.4 Å². The van der Waals surface area contributed by atoms with E-state index in [4.69, 9.17) is 14.5 Å². The number of pyridine rings is 1. The van der Waals surface area contributed by atoms with E-state index in [1.807, 2.05) is 0 Å². The number of nitrogens with zero attached hydrogens (tertiary/aromatic N) is 1. The molecule has 27 heavy (non-hydrogen) atoms. The van der Waals surface area contributed by atoms with Crippen LogP contribution in [-0.4, -0.2) is 11.8 Å². The summed E-state index contributed by atoms with van der Waals surface area (Å²) in [5, 5.41) is 3.67. The van der Waals surface area contributed by atoms with E-state index in [-0.39, 0.29) is 0 Å². The van der Waals surface area contributed by atoms with Crippen molar-refractivity contribution in [3.63, 3.8) is 0 Å². The van der Waals surface area contributed by atoms with Crippen molar-refractivity contribution in [2.75, 3.05) is 6.79 Å². The number of fused-ring (bicyclic) bond motifs is 9. The van der Waals surface area contributed by atoms with Gasteiger partial charge in [-0.15, -0.1) is 0 Å². The molecule has 0 N–H and O–H groups in total. The Balaban J connectivity index is 0.000000504. The highest BCUT2D eigenvalue weighted by atomic mass is 16.7. The second kappa shape index (κ2) is 6.12. The topological polar surface area (TPSA) is 31.4 Å². The van der Waals surface area contributed by atoms with Gasteiger partial charge in [-0.3, -0.25) is 4.98 Å². The van der Waals surface area contributed by atoms with Crippen LogP contribution in [0.4, 0.5) is 0 Å². The summed E-state index contributed by atoms with van der Waals surface area (Å²) >= 11 is 0. The molecule has 1 aliphatic heterocycles. The molecule has 1 fully saturated rings. The Morgan fingerprint density at radius 1 is 1.07 bits per heavy atom. The van der Waals surface area contributed by atoms with E-state index in [1.54, 1.807) is 5.56 Å². The molecule has 140 valence electrons. The Morgan fingerprint density at radius 2 is 1.85 bits per heavy atom. The molecule has 0 radical (unpaired) electrons. The number of aromatic nitrogens is 1. The van der Waals surface area contributed by atoms with Gasteiger partial charge in [0.2, 0.25) is 6.79 Å². The first-order valence-electron chi connectivity index (χ1n) is 10.3. The van der Waals surface area contributed by atoms with Crippen molar-refractivity contribution in [1.82, 2.24) is 4.98 Å². The first-order valence-corrected chi connectivity index (χ1v) is 10.3. The number of benzene rings is 2. The molecule has 1 saturated carbocycles. The third kappa shape index (κ3) is 2.30. The van der Waals surface area contributed by atoms with Gasteiger partial charge in [0.25, 0.3) is 0 Å². The van der Waals surface area contributed by atoms with Crippen LogP contribution in [0, 0.1) is 0 Å². The van der Waals surface area contributed by atoms with E-state index in [2.05, 4.69) is 51.2 Å². The van der Waals surface area contributed by atoms with Crippen LogP contribution in [0.25, 0.3) is 21.7 Å². The standard InChI is InChI=1S/C21H19NO2.C3H8/c1-21-7-3-2-4-16(21)15-10-22-20-13(19(15)21)6-5-12-8-17-18(9-14(12)20)24-11-23-17;1-3-2/h5-6,8-10,16H,2-4,7,11H2,1H3;3H2,1-2H3/t16-,21?;/m0./s1. The van der Waals surface area contributed by atoms with Crippen LogP contribution in [0.15, 0.2) is 30.5 Å². The zero-order valence-corrected chi connectivity index (χ0v) is 16.5. The lowest BCUT2D eigenvalue weighted by Crippen LogP contribution is -2.43. The summed E-state index contributed by atoms with van der Waals surface area (Å²) in [6.45, 7) is 7.02. The van der Waals surface area contributed by atoms with E-state index in [0.29, 0.717) is 18.1 Å². The van der Waals surface area contributed by atoms with Gasteiger partial charge in [0.1, 0.15) is 0 Å². The maximum Gasteiger partial charge on any atom is 0.231 e. The van der Waals surface area contributed by atoms with Crippen molar-refractivity contribution >= 4 is 21.7 Å². The van der Waals surface area contributed by atoms with Crippen LogP contribution in [0.1, 0.15) is 69.9 Å². The van der Waals surface area contributed by atoms with Crippen molar-refractivity contribution in [2.24, 2.45) is 0 Å². The summed E-state index contributed by atoms with van der Waals surface area (Å²) in [7, 11) is 0. The zero-order chi connectivity index (χ0) is 18.6. The SMILES string of the molecule is CC12CCCC[C@H]1c1cnc3c(ccc4cc5c(cc43)OCO5)c12.CCC. The molecular weight excluding hydrogens is 334 g/mol. The Bertz CT molecular complexity index is 1040. The summed E-state index contributed by atoms with van der Waals surface area (Å²) in [5.41, 5.74) is 4.50. The lowest BCUT2D eigenvalue weighted by molar-refractivity contribution is 0.174. The number of hydrogen-bond acceptors (Lipinski definition) is 3. The van der Waals surface area contributed by atoms with Crippen molar-refractivity contribution in [3.05, 3.63) is 41.6 Å². The van der Waals surface area contributed by atoms with Gasteiger partial charge < -0.3 is 9.47 Å². The molecule has 6 rings (SSSR count). The highest BCUT2D eigenvalue weighted by molar-refractivity contribution is 6.08. The minimum atomic E-state index is 0.312. The molecule has 3 aliphatic rings. The van der Waals surface area contributed by atoms with Crippen molar-refractivity contribution < 1.29 is 9.47 Å². The van der Waals surface area contributed by atoms with Crippen LogP contribution >= 0.6 is 0 Å². The van der Waals surface area contributed by atoms with E-state index in [0.717, 1.165) is 17.0 Å². The smallest absolute Gasteiger partial charge is 0.231 e. The van der Waals surface area contributed by atoms with Crippen LogP contribution in [0.3, 0.4) is 0 Å². The average Bonchev–Trinajstić information content (AvgIpc) is 3.12. The first kappa shape index (κ1) is 16.9. The molecular formula is C24H27NO2. The molecule has 0 bridgehead atoms. The van der Waals surface area contributed by atoms with E-state index < -0.39 is 0 Å². The van der Waals surface area contributed by atoms with E-state index in [9.17, 15) is 0 Å². The molecule has 2 heterocycles.